The first-order valence-electron chi connectivity index (χ1n) is 5.44. The van der Waals surface area contributed by atoms with Crippen molar-refractivity contribution in [2.75, 3.05) is 17.7 Å². The van der Waals surface area contributed by atoms with Crippen LogP contribution in [0.15, 0.2) is 12.1 Å². The second-order valence-corrected chi connectivity index (χ2v) is 4.58. The minimum absolute atomic E-state index is 0.179. The molecule has 0 aliphatic heterocycles. The standard InChI is InChI=1S/C12H16N4O2/c1-12(2,3)18-11(17)16-10-8(7-13)5-6-9(14-4)15-10/h5-6H,1-4H3,(H2,14,15,16,17). The molecule has 0 unspecified atom stereocenters. The van der Waals surface area contributed by atoms with Gasteiger partial charge in [-0.2, -0.15) is 5.26 Å². The Morgan fingerprint density at radius 2 is 2.11 bits per heavy atom. The number of rotatable bonds is 2. The molecule has 0 aliphatic rings. The molecule has 0 atom stereocenters. The highest BCUT2D eigenvalue weighted by atomic mass is 16.6. The Morgan fingerprint density at radius 1 is 1.44 bits per heavy atom. The minimum Gasteiger partial charge on any atom is -0.444 e. The summed E-state index contributed by atoms with van der Waals surface area (Å²) in [5.74, 6) is 0.735. The summed E-state index contributed by atoms with van der Waals surface area (Å²) in [6, 6.07) is 5.18. The van der Waals surface area contributed by atoms with Crippen molar-refractivity contribution in [1.82, 2.24) is 4.98 Å². The average molecular weight is 248 g/mol. The molecular weight excluding hydrogens is 232 g/mol. The van der Waals surface area contributed by atoms with Gasteiger partial charge in [0.05, 0.1) is 5.56 Å². The van der Waals surface area contributed by atoms with Crippen molar-refractivity contribution in [3.05, 3.63) is 17.7 Å². The highest BCUT2D eigenvalue weighted by Gasteiger charge is 2.18. The van der Waals surface area contributed by atoms with Gasteiger partial charge in [0.1, 0.15) is 17.5 Å². The van der Waals surface area contributed by atoms with Crippen molar-refractivity contribution >= 4 is 17.7 Å². The molecule has 0 saturated heterocycles. The van der Waals surface area contributed by atoms with Crippen molar-refractivity contribution in [1.29, 1.82) is 5.26 Å². The summed E-state index contributed by atoms with van der Waals surface area (Å²) >= 11 is 0. The molecule has 0 aliphatic carbocycles. The number of carbonyl (C=O) groups excluding carboxylic acids is 1. The van der Waals surface area contributed by atoms with E-state index in [-0.39, 0.29) is 11.4 Å². The van der Waals surface area contributed by atoms with E-state index in [1.54, 1.807) is 40.0 Å². The van der Waals surface area contributed by atoms with Crippen LogP contribution >= 0.6 is 0 Å². The molecule has 0 saturated carbocycles. The van der Waals surface area contributed by atoms with Crippen LogP contribution in [0.1, 0.15) is 26.3 Å². The van der Waals surface area contributed by atoms with E-state index in [0.717, 1.165) is 0 Å². The van der Waals surface area contributed by atoms with Gasteiger partial charge in [-0.15, -0.1) is 0 Å². The zero-order valence-electron chi connectivity index (χ0n) is 10.9. The van der Waals surface area contributed by atoms with Crippen LogP contribution in [0.4, 0.5) is 16.4 Å². The van der Waals surface area contributed by atoms with E-state index in [0.29, 0.717) is 5.82 Å². The van der Waals surface area contributed by atoms with Gasteiger partial charge in [0, 0.05) is 7.05 Å². The summed E-state index contributed by atoms with van der Waals surface area (Å²) in [7, 11) is 1.70. The zero-order valence-corrected chi connectivity index (χ0v) is 10.9. The molecule has 6 heteroatoms. The van der Waals surface area contributed by atoms with E-state index in [9.17, 15) is 4.79 Å². The summed E-state index contributed by atoms with van der Waals surface area (Å²) in [5, 5.41) is 14.2. The van der Waals surface area contributed by atoms with Gasteiger partial charge in [0.15, 0.2) is 5.82 Å². The smallest absolute Gasteiger partial charge is 0.413 e. The van der Waals surface area contributed by atoms with Crippen molar-refractivity contribution < 1.29 is 9.53 Å². The van der Waals surface area contributed by atoms with Crippen molar-refractivity contribution in [3.63, 3.8) is 0 Å². The molecule has 18 heavy (non-hydrogen) atoms. The first kappa shape index (κ1) is 13.8. The summed E-state index contributed by atoms with van der Waals surface area (Å²) in [5.41, 5.74) is -0.322. The Hall–Kier alpha value is -2.29. The number of carbonyl (C=O) groups is 1. The number of hydrogen-bond donors (Lipinski definition) is 2. The van der Waals surface area contributed by atoms with Gasteiger partial charge in [-0.1, -0.05) is 0 Å². The second-order valence-electron chi connectivity index (χ2n) is 4.58. The minimum atomic E-state index is -0.639. The number of pyridine rings is 1. The van der Waals surface area contributed by atoms with Gasteiger partial charge in [0.2, 0.25) is 0 Å². The number of anilines is 2. The molecule has 0 fully saturated rings. The molecule has 1 aromatic heterocycles. The topological polar surface area (TPSA) is 87.0 Å². The lowest BCUT2D eigenvalue weighted by atomic mass is 10.2. The first-order valence-corrected chi connectivity index (χ1v) is 5.44. The number of nitriles is 1. The van der Waals surface area contributed by atoms with Gasteiger partial charge >= 0.3 is 6.09 Å². The maximum atomic E-state index is 11.6. The van der Waals surface area contributed by atoms with Crippen LogP contribution in [-0.4, -0.2) is 23.7 Å². The summed E-state index contributed by atoms with van der Waals surface area (Å²) in [6.07, 6.45) is -0.639. The highest BCUT2D eigenvalue weighted by Crippen LogP contribution is 2.16. The lowest BCUT2D eigenvalue weighted by Crippen LogP contribution is -2.27. The Balaban J connectivity index is 2.89. The molecule has 6 nitrogen and oxygen atoms in total. The van der Waals surface area contributed by atoms with Crippen LogP contribution in [0.5, 0.6) is 0 Å². The molecular formula is C12H16N4O2. The molecule has 2 N–H and O–H groups in total. The Bertz CT molecular complexity index is 486. The Morgan fingerprint density at radius 3 is 2.61 bits per heavy atom. The van der Waals surface area contributed by atoms with Gasteiger partial charge in [-0.3, -0.25) is 5.32 Å². The molecule has 0 aromatic carbocycles. The molecule has 96 valence electrons. The van der Waals surface area contributed by atoms with Crippen LogP contribution in [0, 0.1) is 11.3 Å². The van der Waals surface area contributed by atoms with Gasteiger partial charge in [0.25, 0.3) is 0 Å². The predicted molar refractivity (Wildman–Crippen MR) is 68.4 cm³/mol. The highest BCUT2D eigenvalue weighted by molar-refractivity contribution is 5.85. The van der Waals surface area contributed by atoms with E-state index >= 15 is 0 Å². The van der Waals surface area contributed by atoms with Gasteiger partial charge in [-0.05, 0) is 32.9 Å². The van der Waals surface area contributed by atoms with E-state index in [1.165, 1.54) is 0 Å². The largest absolute Gasteiger partial charge is 0.444 e. The van der Waals surface area contributed by atoms with E-state index in [1.807, 2.05) is 6.07 Å². The summed E-state index contributed by atoms with van der Waals surface area (Å²) < 4.78 is 5.09. The number of aromatic nitrogens is 1. The normalized spacial score (nSPS) is 10.4. The lowest BCUT2D eigenvalue weighted by Gasteiger charge is -2.19. The fourth-order valence-corrected chi connectivity index (χ4v) is 1.18. The lowest BCUT2D eigenvalue weighted by molar-refractivity contribution is 0.0635. The second kappa shape index (κ2) is 5.36. The number of nitrogens with one attached hydrogen (secondary N) is 2. The number of hydrogen-bond acceptors (Lipinski definition) is 5. The van der Waals surface area contributed by atoms with Gasteiger partial charge in [-0.25, -0.2) is 9.78 Å². The average Bonchev–Trinajstić information content (AvgIpc) is 2.26. The number of ether oxygens (including phenoxy) is 1. The molecule has 0 radical (unpaired) electrons. The Labute approximate surface area is 106 Å². The number of nitrogens with zero attached hydrogens (tertiary/aromatic N) is 2. The summed E-state index contributed by atoms with van der Waals surface area (Å²) in [6.45, 7) is 5.28. The maximum absolute atomic E-state index is 11.6. The summed E-state index contributed by atoms with van der Waals surface area (Å²) in [4.78, 5) is 15.7. The van der Waals surface area contributed by atoms with Crippen molar-refractivity contribution in [3.8, 4) is 6.07 Å². The monoisotopic (exact) mass is 248 g/mol. The first-order chi connectivity index (χ1) is 8.35. The molecule has 1 amide bonds. The van der Waals surface area contributed by atoms with Crippen LogP contribution in [0.25, 0.3) is 0 Å². The van der Waals surface area contributed by atoms with Crippen LogP contribution in [0.2, 0.25) is 0 Å². The van der Waals surface area contributed by atoms with Crippen LogP contribution < -0.4 is 10.6 Å². The predicted octanol–water partition coefficient (Wildman–Crippen LogP) is 2.34. The maximum Gasteiger partial charge on any atom is 0.413 e. The SMILES string of the molecule is CNc1ccc(C#N)c(NC(=O)OC(C)(C)C)n1. The van der Waals surface area contributed by atoms with Gasteiger partial charge < -0.3 is 10.1 Å². The van der Waals surface area contributed by atoms with Crippen molar-refractivity contribution in [2.24, 2.45) is 0 Å². The van der Waals surface area contributed by atoms with Crippen molar-refractivity contribution in [2.45, 2.75) is 26.4 Å². The fourth-order valence-electron chi connectivity index (χ4n) is 1.18. The molecule has 0 spiro atoms. The number of amides is 1. The molecule has 1 aromatic rings. The Kier molecular flexibility index (Phi) is 4.10. The third-order valence-corrected chi connectivity index (χ3v) is 1.89. The van der Waals surface area contributed by atoms with Crippen LogP contribution in [-0.2, 0) is 4.74 Å². The molecule has 0 bridgehead atoms. The fraction of sp³-hybridized carbons (Fsp3) is 0.417. The quantitative estimate of drug-likeness (QED) is 0.838. The van der Waals surface area contributed by atoms with E-state index < -0.39 is 11.7 Å². The zero-order chi connectivity index (χ0) is 13.8. The van der Waals surface area contributed by atoms with Crippen LogP contribution in [0.3, 0.4) is 0 Å². The third-order valence-electron chi connectivity index (χ3n) is 1.89. The molecule has 1 heterocycles. The molecule has 1 rings (SSSR count). The van der Waals surface area contributed by atoms with E-state index in [4.69, 9.17) is 10.00 Å². The van der Waals surface area contributed by atoms with E-state index in [2.05, 4.69) is 15.6 Å². The third kappa shape index (κ3) is 3.94.